The van der Waals surface area contributed by atoms with Gasteiger partial charge in [-0.1, -0.05) is 38.1 Å². The monoisotopic (exact) mass is 458 g/mol. The van der Waals surface area contributed by atoms with Crippen molar-refractivity contribution in [1.29, 1.82) is 0 Å². The quantitative estimate of drug-likeness (QED) is 0.453. The predicted octanol–water partition coefficient (Wildman–Crippen LogP) is 5.80. The third kappa shape index (κ3) is 4.18. The van der Waals surface area contributed by atoms with E-state index in [9.17, 15) is 9.59 Å². The number of likely N-dealkylation sites (tertiary alicyclic amines) is 1. The van der Waals surface area contributed by atoms with E-state index in [4.69, 9.17) is 4.74 Å². The second-order valence-corrected chi connectivity index (χ2v) is 9.85. The molecule has 1 fully saturated rings. The van der Waals surface area contributed by atoms with Gasteiger partial charge in [-0.15, -0.1) is 11.3 Å². The molecule has 6 heteroatoms. The van der Waals surface area contributed by atoms with Crippen molar-refractivity contribution >= 4 is 34.4 Å². The molecule has 2 unspecified atom stereocenters. The van der Waals surface area contributed by atoms with Crippen LogP contribution in [0.4, 0.5) is 5.69 Å². The zero-order valence-electron chi connectivity index (χ0n) is 18.7. The number of rotatable bonds is 5. The molecular formula is C27H26N2O3S. The normalized spacial score (nSPS) is 21.2. The fourth-order valence-corrected chi connectivity index (χ4v) is 5.59. The molecule has 0 radical (unpaired) electrons. The van der Waals surface area contributed by atoms with Gasteiger partial charge in [-0.05, 0) is 66.1 Å². The number of imide groups is 1. The van der Waals surface area contributed by atoms with Gasteiger partial charge in [0.2, 0.25) is 0 Å². The number of carbonyl (C=O) groups is 2. The number of carbonyl (C=O) groups excluding carboxylic acids is 2. The summed E-state index contributed by atoms with van der Waals surface area (Å²) in [4.78, 5) is 31.6. The molecule has 168 valence electrons. The van der Waals surface area contributed by atoms with E-state index in [0.717, 1.165) is 30.1 Å². The van der Waals surface area contributed by atoms with E-state index < -0.39 is 0 Å². The largest absolute Gasteiger partial charge is 0.457 e. The number of hydrogen-bond donors (Lipinski definition) is 0. The van der Waals surface area contributed by atoms with Gasteiger partial charge in [0.15, 0.2) is 0 Å². The smallest absolute Gasteiger partial charge is 0.282 e. The minimum absolute atomic E-state index is 0.249. The van der Waals surface area contributed by atoms with E-state index in [1.165, 1.54) is 16.2 Å². The first-order valence-electron chi connectivity index (χ1n) is 11.3. The molecule has 3 heterocycles. The molecule has 1 saturated heterocycles. The Morgan fingerprint density at radius 3 is 2.12 bits per heavy atom. The molecule has 2 aromatic carbocycles. The van der Waals surface area contributed by atoms with E-state index in [1.54, 1.807) is 24.3 Å². The fraction of sp³-hybridized carbons (Fsp3) is 0.259. The Morgan fingerprint density at radius 2 is 1.48 bits per heavy atom. The van der Waals surface area contributed by atoms with Gasteiger partial charge in [-0.25, -0.2) is 4.90 Å². The van der Waals surface area contributed by atoms with Crippen molar-refractivity contribution in [3.05, 3.63) is 82.7 Å². The van der Waals surface area contributed by atoms with Crippen LogP contribution in [-0.2, 0) is 9.59 Å². The lowest BCUT2D eigenvalue weighted by molar-refractivity contribution is -0.120. The minimum atomic E-state index is -0.264. The van der Waals surface area contributed by atoms with Crippen LogP contribution in [0.25, 0.3) is 5.57 Å². The van der Waals surface area contributed by atoms with Crippen molar-refractivity contribution in [2.24, 2.45) is 11.8 Å². The maximum Gasteiger partial charge on any atom is 0.282 e. The van der Waals surface area contributed by atoms with Crippen molar-refractivity contribution in [1.82, 2.24) is 4.90 Å². The zero-order valence-corrected chi connectivity index (χ0v) is 19.5. The number of nitrogens with zero attached hydrogens (tertiary/aromatic N) is 2. The maximum absolute atomic E-state index is 13.7. The van der Waals surface area contributed by atoms with Crippen LogP contribution < -0.4 is 9.64 Å². The molecule has 3 aromatic rings. The highest BCUT2D eigenvalue weighted by atomic mass is 32.1. The van der Waals surface area contributed by atoms with Gasteiger partial charge in [-0.2, -0.15) is 0 Å². The Hall–Kier alpha value is -3.38. The Morgan fingerprint density at radius 1 is 0.818 bits per heavy atom. The summed E-state index contributed by atoms with van der Waals surface area (Å²) in [7, 11) is 0. The third-order valence-corrected chi connectivity index (χ3v) is 6.97. The lowest BCUT2D eigenvalue weighted by Gasteiger charge is -2.37. The van der Waals surface area contributed by atoms with Gasteiger partial charge in [0, 0.05) is 18.0 Å². The number of para-hydroxylation sites is 1. The molecule has 1 aromatic heterocycles. The first-order chi connectivity index (χ1) is 16.0. The average molecular weight is 459 g/mol. The average Bonchev–Trinajstić information content (AvgIpc) is 3.40. The van der Waals surface area contributed by atoms with Gasteiger partial charge >= 0.3 is 0 Å². The van der Waals surface area contributed by atoms with Crippen molar-refractivity contribution in [3.63, 3.8) is 0 Å². The number of hydrogen-bond acceptors (Lipinski definition) is 5. The fourth-order valence-electron chi connectivity index (χ4n) is 4.82. The van der Waals surface area contributed by atoms with Gasteiger partial charge in [0.25, 0.3) is 11.8 Å². The highest BCUT2D eigenvalue weighted by Crippen LogP contribution is 2.39. The number of anilines is 1. The highest BCUT2D eigenvalue weighted by Gasteiger charge is 2.44. The molecule has 5 rings (SSSR count). The Kier molecular flexibility index (Phi) is 5.77. The van der Waals surface area contributed by atoms with Gasteiger partial charge in [0.05, 0.1) is 11.3 Å². The predicted molar refractivity (Wildman–Crippen MR) is 131 cm³/mol. The first kappa shape index (κ1) is 21.5. The summed E-state index contributed by atoms with van der Waals surface area (Å²) in [5, 5.41) is 1.94. The van der Waals surface area contributed by atoms with E-state index in [2.05, 4.69) is 18.7 Å². The second-order valence-electron chi connectivity index (χ2n) is 8.91. The molecule has 33 heavy (non-hydrogen) atoms. The molecule has 0 saturated carbocycles. The summed E-state index contributed by atoms with van der Waals surface area (Å²) in [6.07, 6.45) is 1.13. The van der Waals surface area contributed by atoms with Gasteiger partial charge in [0.1, 0.15) is 17.2 Å². The number of benzene rings is 2. The van der Waals surface area contributed by atoms with E-state index in [1.807, 2.05) is 47.8 Å². The molecule has 5 nitrogen and oxygen atoms in total. The first-order valence-corrected chi connectivity index (χ1v) is 12.1. The number of piperidine rings is 1. The summed E-state index contributed by atoms with van der Waals surface area (Å²) >= 11 is 1.49. The van der Waals surface area contributed by atoms with Crippen LogP contribution in [0.3, 0.4) is 0 Å². The van der Waals surface area contributed by atoms with Crippen LogP contribution in [0.15, 0.2) is 77.8 Å². The highest BCUT2D eigenvalue weighted by molar-refractivity contribution is 7.11. The molecule has 0 spiro atoms. The summed E-state index contributed by atoms with van der Waals surface area (Å²) < 4.78 is 5.86. The lowest BCUT2D eigenvalue weighted by Crippen LogP contribution is -2.41. The number of thiophene rings is 1. The Labute approximate surface area is 197 Å². The summed E-state index contributed by atoms with van der Waals surface area (Å²) in [6.45, 7) is 5.98. The summed E-state index contributed by atoms with van der Waals surface area (Å²) in [5.41, 5.74) is 1.60. The van der Waals surface area contributed by atoms with E-state index in [-0.39, 0.29) is 11.8 Å². The third-order valence-electron chi connectivity index (χ3n) is 6.09. The van der Waals surface area contributed by atoms with Crippen molar-refractivity contribution in [2.45, 2.75) is 20.3 Å². The topological polar surface area (TPSA) is 49.9 Å². The maximum atomic E-state index is 13.7. The second kappa shape index (κ2) is 8.87. The van der Waals surface area contributed by atoms with Crippen molar-refractivity contribution in [2.75, 3.05) is 18.0 Å². The molecule has 2 aliphatic heterocycles. The molecule has 0 bridgehead atoms. The SMILES string of the molecule is CC1CC(C)CN(C2=C(c3cccs3)C(=O)N(c3ccc(Oc4ccccc4)cc3)C2=O)C1. The number of ether oxygens (including phenoxy) is 1. The van der Waals surface area contributed by atoms with Crippen LogP contribution in [0, 0.1) is 11.8 Å². The molecule has 2 amide bonds. The molecule has 0 N–H and O–H groups in total. The molecule has 0 aliphatic carbocycles. The molecule has 2 aliphatic rings. The molecular weight excluding hydrogens is 432 g/mol. The van der Waals surface area contributed by atoms with Crippen LogP contribution in [0.2, 0.25) is 0 Å². The van der Waals surface area contributed by atoms with Gasteiger partial charge in [-0.3, -0.25) is 9.59 Å². The van der Waals surface area contributed by atoms with Crippen LogP contribution >= 0.6 is 11.3 Å². The lowest BCUT2D eigenvalue weighted by atomic mass is 9.91. The van der Waals surface area contributed by atoms with E-state index >= 15 is 0 Å². The van der Waals surface area contributed by atoms with E-state index in [0.29, 0.717) is 34.5 Å². The Balaban J connectivity index is 1.46. The Bertz CT molecular complexity index is 1180. The summed E-state index contributed by atoms with van der Waals surface area (Å²) in [5.74, 6) is 1.81. The van der Waals surface area contributed by atoms with Crippen molar-refractivity contribution in [3.8, 4) is 11.5 Å². The van der Waals surface area contributed by atoms with Crippen LogP contribution in [-0.4, -0.2) is 29.8 Å². The van der Waals surface area contributed by atoms with Crippen LogP contribution in [0.1, 0.15) is 25.1 Å². The van der Waals surface area contributed by atoms with Crippen molar-refractivity contribution < 1.29 is 14.3 Å². The van der Waals surface area contributed by atoms with Crippen LogP contribution in [0.5, 0.6) is 11.5 Å². The zero-order chi connectivity index (χ0) is 22.9. The minimum Gasteiger partial charge on any atom is -0.457 e. The molecule has 2 atom stereocenters. The van der Waals surface area contributed by atoms with Gasteiger partial charge < -0.3 is 9.64 Å². The summed E-state index contributed by atoms with van der Waals surface area (Å²) in [6, 6.07) is 20.5. The standard InChI is InChI=1S/C27H26N2O3S/c1-18-15-19(2)17-28(16-18)25-24(23-9-6-14-33-23)26(30)29(27(25)31)20-10-12-22(13-11-20)32-21-7-4-3-5-8-21/h3-14,18-19H,15-17H2,1-2H3. The number of amides is 2.